The van der Waals surface area contributed by atoms with E-state index in [2.05, 4.69) is 25.8 Å². The van der Waals surface area contributed by atoms with E-state index in [4.69, 9.17) is 16.3 Å². The molecule has 0 spiro atoms. The summed E-state index contributed by atoms with van der Waals surface area (Å²) in [5.41, 5.74) is 1.80. The predicted octanol–water partition coefficient (Wildman–Crippen LogP) is 2.87. The maximum Gasteiger partial charge on any atom is 0.191 e. The molecule has 2 aromatic heterocycles. The van der Waals surface area contributed by atoms with Crippen LogP contribution >= 0.6 is 35.6 Å². The van der Waals surface area contributed by atoms with Gasteiger partial charge >= 0.3 is 0 Å². The van der Waals surface area contributed by atoms with Crippen molar-refractivity contribution in [2.45, 2.75) is 13.1 Å². The van der Waals surface area contributed by atoms with Crippen molar-refractivity contribution < 1.29 is 4.74 Å². The first-order valence-electron chi connectivity index (χ1n) is 7.77. The number of aromatic nitrogens is 3. The van der Waals surface area contributed by atoms with Gasteiger partial charge in [-0.05, 0) is 24.3 Å². The largest absolute Gasteiger partial charge is 0.496 e. The van der Waals surface area contributed by atoms with Gasteiger partial charge in [-0.3, -0.25) is 9.39 Å². The Morgan fingerprint density at radius 3 is 2.77 bits per heavy atom. The summed E-state index contributed by atoms with van der Waals surface area (Å²) < 4.78 is 7.29. The summed E-state index contributed by atoms with van der Waals surface area (Å²) in [6, 6.07) is 11.3. The van der Waals surface area contributed by atoms with Gasteiger partial charge < -0.3 is 15.4 Å². The number of nitrogens with one attached hydrogen (secondary N) is 2. The van der Waals surface area contributed by atoms with Gasteiger partial charge in [0.25, 0.3) is 0 Å². The van der Waals surface area contributed by atoms with Crippen LogP contribution in [0.3, 0.4) is 0 Å². The minimum atomic E-state index is 0. The van der Waals surface area contributed by atoms with Crippen molar-refractivity contribution in [2.24, 2.45) is 4.99 Å². The lowest BCUT2D eigenvalue weighted by molar-refractivity contribution is 0.409. The van der Waals surface area contributed by atoms with Gasteiger partial charge in [0, 0.05) is 30.4 Å². The van der Waals surface area contributed by atoms with E-state index in [1.807, 2.05) is 40.9 Å². The molecule has 0 aliphatic heterocycles. The molecule has 7 nitrogen and oxygen atoms in total. The van der Waals surface area contributed by atoms with E-state index in [-0.39, 0.29) is 24.0 Å². The normalized spacial score (nSPS) is 11.1. The van der Waals surface area contributed by atoms with Crippen LogP contribution in [-0.4, -0.2) is 34.7 Å². The minimum absolute atomic E-state index is 0. The van der Waals surface area contributed by atoms with Crippen molar-refractivity contribution in [3.8, 4) is 5.75 Å². The molecule has 138 valence electrons. The fraction of sp³-hybridized carbons (Fsp3) is 0.235. The van der Waals surface area contributed by atoms with E-state index in [0.29, 0.717) is 24.1 Å². The molecule has 2 N–H and O–H groups in total. The van der Waals surface area contributed by atoms with Crippen molar-refractivity contribution in [1.82, 2.24) is 25.2 Å². The zero-order valence-corrected chi connectivity index (χ0v) is 17.5. The number of pyridine rings is 1. The molecule has 0 unspecified atom stereocenters. The Balaban J connectivity index is 0.00000243. The molecule has 26 heavy (non-hydrogen) atoms. The van der Waals surface area contributed by atoms with E-state index in [1.165, 1.54) is 0 Å². The molecule has 2 heterocycles. The molecular formula is C17H20ClIN6O. The molecule has 0 aliphatic carbocycles. The Kier molecular flexibility index (Phi) is 7.46. The zero-order chi connectivity index (χ0) is 17.6. The summed E-state index contributed by atoms with van der Waals surface area (Å²) >= 11 is 5.99. The van der Waals surface area contributed by atoms with Crippen molar-refractivity contribution >= 4 is 47.2 Å². The Bertz CT molecular complexity index is 898. The number of benzene rings is 1. The van der Waals surface area contributed by atoms with Gasteiger partial charge in [-0.2, -0.15) is 0 Å². The van der Waals surface area contributed by atoms with E-state index in [0.717, 1.165) is 22.8 Å². The number of hydrogen-bond donors (Lipinski definition) is 2. The first kappa shape index (κ1) is 20.2. The van der Waals surface area contributed by atoms with Crippen molar-refractivity contribution in [3.63, 3.8) is 0 Å². The molecular weight excluding hydrogens is 467 g/mol. The van der Waals surface area contributed by atoms with Gasteiger partial charge in [-0.1, -0.05) is 23.7 Å². The van der Waals surface area contributed by atoms with E-state index < -0.39 is 0 Å². The SMILES string of the molecule is CN=C(NCc1ccc(Cl)cc1OC)NCc1nnc2ccccn12.I. The van der Waals surface area contributed by atoms with Crippen LogP contribution in [0, 0.1) is 0 Å². The van der Waals surface area contributed by atoms with Gasteiger partial charge in [-0.25, -0.2) is 0 Å². The van der Waals surface area contributed by atoms with Crippen LogP contribution in [0.2, 0.25) is 5.02 Å². The third-order valence-electron chi connectivity index (χ3n) is 3.72. The third kappa shape index (κ3) is 4.76. The van der Waals surface area contributed by atoms with Gasteiger partial charge in [0.15, 0.2) is 17.4 Å². The zero-order valence-electron chi connectivity index (χ0n) is 14.4. The third-order valence-corrected chi connectivity index (χ3v) is 3.95. The minimum Gasteiger partial charge on any atom is -0.496 e. The van der Waals surface area contributed by atoms with Crippen LogP contribution in [0.25, 0.3) is 5.65 Å². The molecule has 0 saturated carbocycles. The quantitative estimate of drug-likeness (QED) is 0.330. The van der Waals surface area contributed by atoms with Gasteiger partial charge in [0.2, 0.25) is 0 Å². The highest BCUT2D eigenvalue weighted by Gasteiger charge is 2.07. The monoisotopic (exact) mass is 486 g/mol. The standard InChI is InChI=1S/C17H19ClN6O.HI/c1-19-17(20-10-12-6-7-13(18)9-14(12)25-2)21-11-16-23-22-15-5-3-4-8-24(15)16;/h3-9H,10-11H2,1-2H3,(H2,19,20,21);1H. The molecule has 0 amide bonds. The molecule has 3 aromatic rings. The Morgan fingerprint density at radius 1 is 1.19 bits per heavy atom. The molecule has 0 atom stereocenters. The highest BCUT2D eigenvalue weighted by atomic mass is 127. The highest BCUT2D eigenvalue weighted by Crippen LogP contribution is 2.22. The number of hydrogen-bond acceptors (Lipinski definition) is 4. The summed E-state index contributed by atoms with van der Waals surface area (Å²) in [7, 11) is 3.34. The predicted molar refractivity (Wildman–Crippen MR) is 113 cm³/mol. The summed E-state index contributed by atoms with van der Waals surface area (Å²) in [6.07, 6.45) is 1.93. The Hall–Kier alpha value is -2.07. The first-order chi connectivity index (χ1) is 12.2. The molecule has 0 fully saturated rings. The summed E-state index contributed by atoms with van der Waals surface area (Å²) in [4.78, 5) is 4.23. The number of aliphatic imine (C=N–C) groups is 1. The molecule has 3 rings (SSSR count). The number of ether oxygens (including phenoxy) is 1. The van der Waals surface area contributed by atoms with E-state index in [9.17, 15) is 0 Å². The van der Waals surface area contributed by atoms with Crippen LogP contribution < -0.4 is 15.4 Å². The topological polar surface area (TPSA) is 75.8 Å². The average molecular weight is 487 g/mol. The molecule has 0 aliphatic rings. The van der Waals surface area contributed by atoms with Gasteiger partial charge in [0.1, 0.15) is 5.75 Å². The molecule has 1 aromatic carbocycles. The van der Waals surface area contributed by atoms with Crippen molar-refractivity contribution in [3.05, 3.63) is 59.0 Å². The second-order valence-electron chi connectivity index (χ2n) is 5.28. The Morgan fingerprint density at radius 2 is 2.00 bits per heavy atom. The summed E-state index contributed by atoms with van der Waals surface area (Å²) in [6.45, 7) is 1.06. The van der Waals surface area contributed by atoms with E-state index in [1.54, 1.807) is 20.2 Å². The number of nitrogens with zero attached hydrogens (tertiary/aromatic N) is 4. The van der Waals surface area contributed by atoms with Crippen molar-refractivity contribution in [2.75, 3.05) is 14.2 Å². The molecule has 0 bridgehead atoms. The van der Waals surface area contributed by atoms with Crippen LogP contribution in [0.4, 0.5) is 0 Å². The fourth-order valence-electron chi connectivity index (χ4n) is 2.44. The van der Waals surface area contributed by atoms with Gasteiger partial charge in [-0.15, -0.1) is 34.2 Å². The van der Waals surface area contributed by atoms with Crippen LogP contribution in [0.5, 0.6) is 5.75 Å². The molecule has 0 radical (unpaired) electrons. The first-order valence-corrected chi connectivity index (χ1v) is 8.14. The van der Waals surface area contributed by atoms with Gasteiger partial charge in [0.05, 0.1) is 13.7 Å². The number of rotatable bonds is 5. The maximum atomic E-state index is 5.99. The van der Waals surface area contributed by atoms with Crippen LogP contribution in [0.15, 0.2) is 47.6 Å². The summed E-state index contributed by atoms with van der Waals surface area (Å²) in [5, 5.41) is 15.4. The number of fused-ring (bicyclic) bond motifs is 1. The second-order valence-corrected chi connectivity index (χ2v) is 5.72. The fourth-order valence-corrected chi connectivity index (χ4v) is 2.60. The maximum absolute atomic E-state index is 5.99. The number of methoxy groups -OCH3 is 1. The number of guanidine groups is 1. The second kappa shape index (κ2) is 9.58. The van der Waals surface area contributed by atoms with Crippen LogP contribution in [-0.2, 0) is 13.1 Å². The lowest BCUT2D eigenvalue weighted by Gasteiger charge is -2.13. The molecule has 0 saturated heterocycles. The number of halogens is 2. The lowest BCUT2D eigenvalue weighted by atomic mass is 10.2. The van der Waals surface area contributed by atoms with Crippen LogP contribution in [0.1, 0.15) is 11.4 Å². The van der Waals surface area contributed by atoms with Crippen molar-refractivity contribution in [1.29, 1.82) is 0 Å². The average Bonchev–Trinajstić information content (AvgIpc) is 3.06. The molecule has 9 heteroatoms. The smallest absolute Gasteiger partial charge is 0.191 e. The highest BCUT2D eigenvalue weighted by molar-refractivity contribution is 14.0. The van der Waals surface area contributed by atoms with E-state index >= 15 is 0 Å². The lowest BCUT2D eigenvalue weighted by Crippen LogP contribution is -2.36. The Labute approximate surface area is 173 Å². The summed E-state index contributed by atoms with van der Waals surface area (Å²) in [5.74, 6) is 2.20.